The SMILES string of the molecule is COc1ccc(OC)c(NC(N)=NCc2ccccc2CN2CCC(O)CC2)c1.I. The maximum absolute atomic E-state index is 9.70. The van der Waals surface area contributed by atoms with Crippen molar-refractivity contribution in [3.63, 3.8) is 0 Å². The van der Waals surface area contributed by atoms with E-state index in [-0.39, 0.29) is 30.1 Å². The second kappa shape index (κ2) is 12.0. The predicted octanol–water partition coefficient (Wildman–Crippen LogP) is 3.21. The van der Waals surface area contributed by atoms with E-state index in [1.807, 2.05) is 30.3 Å². The molecule has 7 nitrogen and oxygen atoms in total. The van der Waals surface area contributed by atoms with Crippen LogP contribution in [0, 0.1) is 0 Å². The van der Waals surface area contributed by atoms with E-state index in [0.717, 1.165) is 38.0 Å². The van der Waals surface area contributed by atoms with Crippen molar-refractivity contribution in [3.8, 4) is 11.5 Å². The van der Waals surface area contributed by atoms with Crippen molar-refractivity contribution in [3.05, 3.63) is 53.6 Å². The number of hydrogen-bond acceptors (Lipinski definition) is 5. The number of nitrogens with zero attached hydrogens (tertiary/aromatic N) is 2. The Morgan fingerprint density at radius 2 is 1.83 bits per heavy atom. The zero-order valence-corrected chi connectivity index (χ0v) is 19.8. The molecule has 1 aliphatic rings. The van der Waals surface area contributed by atoms with Crippen molar-refractivity contribution in [2.45, 2.75) is 32.0 Å². The summed E-state index contributed by atoms with van der Waals surface area (Å²) in [7, 11) is 3.22. The first kappa shape index (κ1) is 24.2. The van der Waals surface area contributed by atoms with E-state index >= 15 is 0 Å². The van der Waals surface area contributed by atoms with E-state index in [4.69, 9.17) is 15.2 Å². The molecule has 1 heterocycles. The van der Waals surface area contributed by atoms with Crippen LogP contribution in [0.5, 0.6) is 11.5 Å². The summed E-state index contributed by atoms with van der Waals surface area (Å²) in [6, 6.07) is 13.7. The second-order valence-electron chi connectivity index (χ2n) is 7.17. The molecule has 4 N–H and O–H groups in total. The number of aliphatic hydroxyl groups is 1. The highest BCUT2D eigenvalue weighted by Crippen LogP contribution is 2.28. The summed E-state index contributed by atoms with van der Waals surface area (Å²) >= 11 is 0. The number of aliphatic imine (C=N–C) groups is 1. The molecule has 0 bridgehead atoms. The first-order valence-electron chi connectivity index (χ1n) is 9.85. The number of guanidine groups is 1. The fraction of sp³-hybridized carbons (Fsp3) is 0.409. The van der Waals surface area contributed by atoms with Gasteiger partial charge in [0.15, 0.2) is 5.96 Å². The lowest BCUT2D eigenvalue weighted by atomic mass is 10.0. The van der Waals surface area contributed by atoms with Gasteiger partial charge in [-0.25, -0.2) is 4.99 Å². The number of aliphatic hydroxyl groups excluding tert-OH is 1. The lowest BCUT2D eigenvalue weighted by Gasteiger charge is -2.30. The number of piperidine rings is 1. The number of nitrogens with one attached hydrogen (secondary N) is 1. The number of hydrogen-bond donors (Lipinski definition) is 3. The van der Waals surface area contributed by atoms with Crippen LogP contribution < -0.4 is 20.5 Å². The summed E-state index contributed by atoms with van der Waals surface area (Å²) in [5.41, 5.74) is 9.20. The molecule has 0 amide bonds. The lowest BCUT2D eigenvalue weighted by molar-refractivity contribution is 0.0791. The number of anilines is 1. The summed E-state index contributed by atoms with van der Waals surface area (Å²) in [6.45, 7) is 3.17. The number of ether oxygens (including phenoxy) is 2. The predicted molar refractivity (Wildman–Crippen MR) is 131 cm³/mol. The van der Waals surface area contributed by atoms with Crippen molar-refractivity contribution < 1.29 is 14.6 Å². The molecular weight excluding hydrogens is 495 g/mol. The van der Waals surface area contributed by atoms with E-state index < -0.39 is 0 Å². The van der Waals surface area contributed by atoms with Crippen LogP contribution in [0.25, 0.3) is 0 Å². The van der Waals surface area contributed by atoms with Gasteiger partial charge >= 0.3 is 0 Å². The average Bonchev–Trinajstić information content (AvgIpc) is 2.74. The largest absolute Gasteiger partial charge is 0.497 e. The van der Waals surface area contributed by atoms with Gasteiger partial charge in [0.2, 0.25) is 0 Å². The molecule has 0 saturated carbocycles. The topological polar surface area (TPSA) is 92.3 Å². The van der Waals surface area contributed by atoms with Crippen LogP contribution in [0.2, 0.25) is 0 Å². The highest BCUT2D eigenvalue weighted by atomic mass is 127. The van der Waals surface area contributed by atoms with Gasteiger partial charge < -0.3 is 25.6 Å². The van der Waals surface area contributed by atoms with Gasteiger partial charge in [-0.2, -0.15) is 0 Å². The Morgan fingerprint density at radius 3 is 2.50 bits per heavy atom. The molecule has 8 heteroatoms. The number of likely N-dealkylation sites (tertiary alicyclic amines) is 1. The van der Waals surface area contributed by atoms with Gasteiger partial charge in [-0.15, -0.1) is 24.0 Å². The van der Waals surface area contributed by atoms with Crippen LogP contribution in [0.1, 0.15) is 24.0 Å². The molecule has 0 atom stereocenters. The first-order chi connectivity index (χ1) is 14.1. The highest BCUT2D eigenvalue weighted by Gasteiger charge is 2.17. The van der Waals surface area contributed by atoms with Crippen LogP contribution in [0.3, 0.4) is 0 Å². The first-order valence-corrected chi connectivity index (χ1v) is 9.85. The quantitative estimate of drug-likeness (QED) is 0.292. The van der Waals surface area contributed by atoms with Gasteiger partial charge in [-0.05, 0) is 36.1 Å². The average molecular weight is 526 g/mol. The third-order valence-electron chi connectivity index (χ3n) is 5.16. The van der Waals surface area contributed by atoms with Crippen molar-refractivity contribution in [2.75, 3.05) is 32.6 Å². The van der Waals surface area contributed by atoms with Crippen LogP contribution in [-0.4, -0.2) is 49.4 Å². The van der Waals surface area contributed by atoms with E-state index in [0.29, 0.717) is 29.7 Å². The fourth-order valence-electron chi connectivity index (χ4n) is 3.44. The molecule has 0 radical (unpaired) electrons. The summed E-state index contributed by atoms with van der Waals surface area (Å²) in [5, 5.41) is 12.8. The third kappa shape index (κ3) is 6.75. The highest BCUT2D eigenvalue weighted by molar-refractivity contribution is 14.0. The Morgan fingerprint density at radius 1 is 1.13 bits per heavy atom. The number of halogens is 1. The Kier molecular flexibility index (Phi) is 9.67. The molecule has 30 heavy (non-hydrogen) atoms. The number of nitrogens with two attached hydrogens (primary N) is 1. The molecule has 0 aromatic heterocycles. The molecule has 164 valence electrons. The Labute approximate surface area is 195 Å². The van der Waals surface area contributed by atoms with E-state index in [1.54, 1.807) is 14.2 Å². The van der Waals surface area contributed by atoms with Gasteiger partial charge in [0.05, 0.1) is 32.6 Å². The minimum atomic E-state index is -0.162. The Hall–Kier alpha value is -2.04. The third-order valence-corrected chi connectivity index (χ3v) is 5.16. The van der Waals surface area contributed by atoms with E-state index in [1.165, 1.54) is 5.56 Å². The van der Waals surface area contributed by atoms with Crippen LogP contribution >= 0.6 is 24.0 Å². The van der Waals surface area contributed by atoms with Crippen LogP contribution in [0.15, 0.2) is 47.5 Å². The van der Waals surface area contributed by atoms with Crippen LogP contribution in [0.4, 0.5) is 5.69 Å². The summed E-state index contributed by atoms with van der Waals surface area (Å²) in [5.74, 6) is 1.68. The molecule has 2 aromatic carbocycles. The van der Waals surface area contributed by atoms with Gasteiger partial charge in [0, 0.05) is 25.7 Å². The maximum Gasteiger partial charge on any atom is 0.193 e. The zero-order valence-electron chi connectivity index (χ0n) is 17.5. The smallest absolute Gasteiger partial charge is 0.193 e. The van der Waals surface area contributed by atoms with Crippen molar-refractivity contribution in [1.29, 1.82) is 0 Å². The molecule has 0 spiro atoms. The minimum absolute atomic E-state index is 0. The molecule has 0 unspecified atom stereocenters. The molecule has 1 saturated heterocycles. The molecule has 0 aliphatic carbocycles. The lowest BCUT2D eigenvalue weighted by Crippen LogP contribution is -2.35. The summed E-state index contributed by atoms with van der Waals surface area (Å²) in [6.07, 6.45) is 1.50. The molecule has 1 aliphatic heterocycles. The maximum atomic E-state index is 9.70. The van der Waals surface area contributed by atoms with Crippen molar-refractivity contribution in [1.82, 2.24) is 4.90 Å². The van der Waals surface area contributed by atoms with Crippen LogP contribution in [-0.2, 0) is 13.1 Å². The Balaban J connectivity index is 0.00000320. The molecular formula is C22H31IN4O3. The molecule has 3 rings (SSSR count). The van der Waals surface area contributed by atoms with E-state index in [9.17, 15) is 5.11 Å². The second-order valence-corrected chi connectivity index (χ2v) is 7.17. The zero-order chi connectivity index (χ0) is 20.6. The summed E-state index contributed by atoms with van der Waals surface area (Å²) < 4.78 is 10.6. The minimum Gasteiger partial charge on any atom is -0.497 e. The van der Waals surface area contributed by atoms with Crippen molar-refractivity contribution >= 4 is 35.6 Å². The Bertz CT molecular complexity index is 839. The number of rotatable bonds is 7. The van der Waals surface area contributed by atoms with Gasteiger partial charge in [-0.3, -0.25) is 4.90 Å². The normalized spacial score (nSPS) is 15.4. The number of methoxy groups -OCH3 is 2. The molecule has 2 aromatic rings. The molecule has 1 fully saturated rings. The van der Waals surface area contributed by atoms with Crippen molar-refractivity contribution in [2.24, 2.45) is 10.7 Å². The monoisotopic (exact) mass is 526 g/mol. The fourth-order valence-corrected chi connectivity index (χ4v) is 3.44. The van der Waals surface area contributed by atoms with E-state index in [2.05, 4.69) is 27.3 Å². The summed E-state index contributed by atoms with van der Waals surface area (Å²) in [4.78, 5) is 6.89. The van der Waals surface area contributed by atoms with Gasteiger partial charge in [-0.1, -0.05) is 24.3 Å². The van der Waals surface area contributed by atoms with Gasteiger partial charge in [0.25, 0.3) is 0 Å². The van der Waals surface area contributed by atoms with Gasteiger partial charge in [0.1, 0.15) is 11.5 Å². The standard InChI is InChI=1S/C22H30N4O3.HI/c1-28-19-7-8-21(29-2)20(13-19)25-22(23)24-14-16-5-3-4-6-17(16)15-26-11-9-18(27)10-12-26;/h3-8,13,18,27H,9-12,14-15H2,1-2H3,(H3,23,24,25);1H. The number of benzene rings is 2.